The number of halogens is 1. The van der Waals surface area contributed by atoms with Gasteiger partial charge >= 0.3 is 0 Å². The lowest BCUT2D eigenvalue weighted by Gasteiger charge is -2.09. The number of thiazole rings is 1. The molecule has 2 aromatic rings. The quantitative estimate of drug-likeness (QED) is 0.791. The van der Waals surface area contributed by atoms with Crippen LogP contribution in [0, 0.1) is 0 Å². The highest BCUT2D eigenvalue weighted by Crippen LogP contribution is 2.29. The fraction of sp³-hybridized carbons (Fsp3) is 0.167. The summed E-state index contributed by atoms with van der Waals surface area (Å²) in [5, 5.41) is 0. The Morgan fingerprint density at radius 3 is 2.89 bits per heavy atom. The van der Waals surface area contributed by atoms with E-state index in [-0.39, 0.29) is 0 Å². The highest BCUT2D eigenvalue weighted by molar-refractivity contribution is 7.15. The van der Waals surface area contributed by atoms with E-state index in [0.29, 0.717) is 28.1 Å². The highest BCUT2D eigenvalue weighted by atomic mass is 35.5. The van der Waals surface area contributed by atoms with Gasteiger partial charge in [0, 0.05) is 11.8 Å². The second-order valence-corrected chi connectivity index (χ2v) is 5.09. The minimum atomic E-state index is 0.362. The summed E-state index contributed by atoms with van der Waals surface area (Å²) in [6.45, 7) is 0.362. The molecule has 0 saturated carbocycles. The second kappa shape index (κ2) is 5.84. The summed E-state index contributed by atoms with van der Waals surface area (Å²) in [4.78, 5) is 15.5. The van der Waals surface area contributed by atoms with Gasteiger partial charge in [-0.25, -0.2) is 4.98 Å². The summed E-state index contributed by atoms with van der Waals surface area (Å²) >= 11 is 7.09. The highest BCUT2D eigenvalue weighted by Gasteiger charge is 2.07. The van der Waals surface area contributed by atoms with Crippen LogP contribution >= 0.6 is 22.9 Å². The number of ether oxygens (including phenoxy) is 2. The predicted octanol–water partition coefficient (Wildman–Crippen LogP) is 3.20. The molecule has 0 bridgehead atoms. The van der Waals surface area contributed by atoms with Crippen LogP contribution in [0.5, 0.6) is 11.5 Å². The number of methoxy groups -OCH3 is 1. The number of hydrogen-bond donors (Lipinski definition) is 0. The third-order valence-corrected chi connectivity index (χ3v) is 3.31. The number of aromatic nitrogens is 1. The summed E-state index contributed by atoms with van der Waals surface area (Å²) in [6, 6.07) is 5.00. The van der Waals surface area contributed by atoms with Crippen molar-refractivity contribution in [1.82, 2.24) is 4.98 Å². The zero-order chi connectivity index (χ0) is 13.0. The molecule has 2 rings (SSSR count). The van der Waals surface area contributed by atoms with E-state index in [9.17, 15) is 4.79 Å². The monoisotopic (exact) mass is 283 g/mol. The Balaban J connectivity index is 2.11. The maximum Gasteiger partial charge on any atom is 0.183 e. The molecule has 0 N–H and O–H groups in total. The lowest BCUT2D eigenvalue weighted by Crippen LogP contribution is -1.96. The van der Waals surface area contributed by atoms with Crippen molar-refractivity contribution < 1.29 is 14.3 Å². The van der Waals surface area contributed by atoms with Crippen molar-refractivity contribution in [3.8, 4) is 11.5 Å². The van der Waals surface area contributed by atoms with E-state index in [2.05, 4.69) is 4.98 Å². The molecule has 0 unspecified atom stereocenters. The molecule has 0 spiro atoms. The number of carbonyl (C=O) groups is 1. The van der Waals surface area contributed by atoms with Crippen LogP contribution in [-0.2, 0) is 6.61 Å². The number of benzene rings is 1. The molecule has 4 nitrogen and oxygen atoms in total. The van der Waals surface area contributed by atoms with Gasteiger partial charge in [-0.15, -0.1) is 11.3 Å². The Morgan fingerprint density at radius 2 is 2.28 bits per heavy atom. The molecule has 1 heterocycles. The molecule has 0 atom stereocenters. The molecule has 0 aliphatic heterocycles. The largest absolute Gasteiger partial charge is 0.493 e. The van der Waals surface area contributed by atoms with Gasteiger partial charge in [0.15, 0.2) is 16.0 Å². The SMILES string of the molecule is COc1cc(C=O)ccc1OCc1cnc(Cl)s1. The van der Waals surface area contributed by atoms with Gasteiger partial charge in [0.05, 0.1) is 12.0 Å². The van der Waals surface area contributed by atoms with E-state index in [1.165, 1.54) is 18.4 Å². The van der Waals surface area contributed by atoms with Crippen LogP contribution < -0.4 is 9.47 Å². The fourth-order valence-electron chi connectivity index (χ4n) is 1.38. The van der Waals surface area contributed by atoms with E-state index in [4.69, 9.17) is 21.1 Å². The van der Waals surface area contributed by atoms with E-state index in [0.717, 1.165) is 11.2 Å². The van der Waals surface area contributed by atoms with Crippen molar-refractivity contribution in [3.63, 3.8) is 0 Å². The van der Waals surface area contributed by atoms with E-state index >= 15 is 0 Å². The Hall–Kier alpha value is -1.59. The zero-order valence-electron chi connectivity index (χ0n) is 9.55. The van der Waals surface area contributed by atoms with Gasteiger partial charge in [0.25, 0.3) is 0 Å². The van der Waals surface area contributed by atoms with Gasteiger partial charge in [0.2, 0.25) is 0 Å². The Kier molecular flexibility index (Phi) is 4.17. The average Bonchev–Trinajstić information content (AvgIpc) is 2.82. The number of hydrogen-bond acceptors (Lipinski definition) is 5. The maximum atomic E-state index is 10.7. The van der Waals surface area contributed by atoms with Gasteiger partial charge < -0.3 is 9.47 Å². The van der Waals surface area contributed by atoms with Gasteiger partial charge in [0.1, 0.15) is 12.9 Å². The molecule has 18 heavy (non-hydrogen) atoms. The first-order chi connectivity index (χ1) is 8.72. The molecule has 0 fully saturated rings. The summed E-state index contributed by atoms with van der Waals surface area (Å²) < 4.78 is 11.2. The molecule has 1 aromatic carbocycles. The maximum absolute atomic E-state index is 10.7. The van der Waals surface area contributed by atoms with Crippen LogP contribution in [0.25, 0.3) is 0 Å². The normalized spacial score (nSPS) is 10.1. The van der Waals surface area contributed by atoms with Crippen molar-refractivity contribution in [2.75, 3.05) is 7.11 Å². The topological polar surface area (TPSA) is 48.4 Å². The predicted molar refractivity (Wildman–Crippen MR) is 69.8 cm³/mol. The van der Waals surface area contributed by atoms with E-state index in [1.807, 2.05) is 0 Å². The van der Waals surface area contributed by atoms with Gasteiger partial charge in [-0.2, -0.15) is 0 Å². The van der Waals surface area contributed by atoms with Crippen molar-refractivity contribution >= 4 is 29.2 Å². The molecular formula is C12H10ClNO3S. The molecule has 6 heteroatoms. The van der Waals surface area contributed by atoms with Crippen LogP contribution in [0.3, 0.4) is 0 Å². The van der Waals surface area contributed by atoms with Crippen molar-refractivity contribution in [1.29, 1.82) is 0 Å². The summed E-state index contributed by atoms with van der Waals surface area (Å²) in [6.07, 6.45) is 2.43. The third-order valence-electron chi connectivity index (χ3n) is 2.22. The Labute approximate surface area is 113 Å². The van der Waals surface area contributed by atoms with E-state index < -0.39 is 0 Å². The zero-order valence-corrected chi connectivity index (χ0v) is 11.1. The first kappa shape index (κ1) is 12.9. The number of rotatable bonds is 5. The third kappa shape index (κ3) is 3.00. The van der Waals surface area contributed by atoms with Crippen LogP contribution in [-0.4, -0.2) is 18.4 Å². The van der Waals surface area contributed by atoms with Crippen molar-refractivity contribution in [2.45, 2.75) is 6.61 Å². The average molecular weight is 284 g/mol. The first-order valence-electron chi connectivity index (χ1n) is 5.09. The van der Waals surface area contributed by atoms with Crippen LogP contribution in [0.1, 0.15) is 15.2 Å². The fourth-order valence-corrected chi connectivity index (χ4v) is 2.27. The lowest BCUT2D eigenvalue weighted by molar-refractivity contribution is 0.112. The van der Waals surface area contributed by atoms with Gasteiger partial charge in [-0.05, 0) is 18.2 Å². The molecule has 0 aliphatic rings. The summed E-state index contributed by atoms with van der Waals surface area (Å²) in [5.41, 5.74) is 0.542. The van der Waals surface area contributed by atoms with Crippen molar-refractivity contribution in [3.05, 3.63) is 39.3 Å². The number of nitrogens with zero attached hydrogens (tertiary/aromatic N) is 1. The van der Waals surface area contributed by atoms with Gasteiger partial charge in [-0.1, -0.05) is 11.6 Å². The summed E-state index contributed by atoms with van der Waals surface area (Å²) in [5.74, 6) is 1.10. The standard InChI is InChI=1S/C12H10ClNO3S/c1-16-11-4-8(6-15)2-3-10(11)17-7-9-5-14-12(13)18-9/h2-6H,7H2,1H3. The number of aldehydes is 1. The van der Waals surface area contributed by atoms with Crippen molar-refractivity contribution in [2.24, 2.45) is 0 Å². The van der Waals surface area contributed by atoms with E-state index in [1.54, 1.807) is 24.4 Å². The molecular weight excluding hydrogens is 274 g/mol. The number of carbonyl (C=O) groups excluding carboxylic acids is 1. The van der Waals surface area contributed by atoms with Gasteiger partial charge in [-0.3, -0.25) is 4.79 Å². The minimum Gasteiger partial charge on any atom is -0.493 e. The Bertz CT molecular complexity index is 556. The lowest BCUT2D eigenvalue weighted by atomic mass is 10.2. The Morgan fingerprint density at radius 1 is 1.44 bits per heavy atom. The molecule has 0 radical (unpaired) electrons. The summed E-state index contributed by atoms with van der Waals surface area (Å²) in [7, 11) is 1.53. The van der Waals surface area contributed by atoms with Crippen LogP contribution in [0.4, 0.5) is 0 Å². The molecule has 1 aromatic heterocycles. The second-order valence-electron chi connectivity index (χ2n) is 3.40. The molecule has 0 aliphatic carbocycles. The molecule has 0 amide bonds. The molecule has 94 valence electrons. The van der Waals surface area contributed by atoms with Crippen LogP contribution in [0.2, 0.25) is 4.47 Å². The smallest absolute Gasteiger partial charge is 0.183 e. The van der Waals surface area contributed by atoms with Crippen LogP contribution in [0.15, 0.2) is 24.4 Å². The first-order valence-corrected chi connectivity index (χ1v) is 6.28. The molecule has 0 saturated heterocycles. The minimum absolute atomic E-state index is 0.362.